The minimum atomic E-state index is 0.486. The number of hydrogen-bond acceptors (Lipinski definition) is 3. The molecule has 2 aliphatic rings. The van der Waals surface area contributed by atoms with Crippen molar-refractivity contribution in [2.24, 2.45) is 0 Å². The van der Waals surface area contributed by atoms with E-state index in [2.05, 4.69) is 24.4 Å². The molecule has 0 spiro atoms. The molecule has 3 nitrogen and oxygen atoms in total. The molecule has 1 unspecified atom stereocenters. The lowest BCUT2D eigenvalue weighted by molar-refractivity contribution is -0.0124. The van der Waals surface area contributed by atoms with Crippen LogP contribution >= 0.6 is 0 Å². The van der Waals surface area contributed by atoms with Crippen LogP contribution in [-0.2, 0) is 11.2 Å². The number of nitrogen functional groups attached to an aromatic ring is 1. The first kappa shape index (κ1) is 12.0. The summed E-state index contributed by atoms with van der Waals surface area (Å²) in [7, 11) is 0. The van der Waals surface area contributed by atoms with E-state index in [4.69, 9.17) is 10.5 Å². The number of fused-ring (bicyclic) bond motifs is 1. The predicted octanol–water partition coefficient (Wildman–Crippen LogP) is 2.41. The number of nitrogens with one attached hydrogen (secondary N) is 1. The summed E-state index contributed by atoms with van der Waals surface area (Å²) in [6, 6.07) is 7.49. The van der Waals surface area contributed by atoms with Crippen molar-refractivity contribution in [2.75, 3.05) is 12.3 Å². The molecule has 0 aromatic heterocycles. The monoisotopic (exact) mass is 246 g/mol. The van der Waals surface area contributed by atoms with E-state index in [0.29, 0.717) is 18.2 Å². The zero-order valence-corrected chi connectivity index (χ0v) is 11.0. The minimum Gasteiger partial charge on any atom is -0.399 e. The molecule has 0 aliphatic heterocycles. The van der Waals surface area contributed by atoms with Crippen LogP contribution in [0.15, 0.2) is 18.2 Å². The van der Waals surface area contributed by atoms with Gasteiger partial charge in [0.2, 0.25) is 0 Å². The molecule has 0 amide bonds. The van der Waals surface area contributed by atoms with Crippen LogP contribution in [0.1, 0.15) is 43.4 Å². The van der Waals surface area contributed by atoms with Crippen LogP contribution in [0, 0.1) is 0 Å². The normalized spacial score (nSPS) is 29.9. The first-order valence-corrected chi connectivity index (χ1v) is 7.02. The lowest BCUT2D eigenvalue weighted by Crippen LogP contribution is -2.46. The molecule has 1 aromatic carbocycles. The Morgan fingerprint density at radius 1 is 1.39 bits per heavy atom. The fourth-order valence-electron chi connectivity index (χ4n) is 3.17. The van der Waals surface area contributed by atoms with Crippen molar-refractivity contribution < 1.29 is 4.74 Å². The quantitative estimate of drug-likeness (QED) is 0.802. The largest absolute Gasteiger partial charge is 0.399 e. The van der Waals surface area contributed by atoms with Gasteiger partial charge >= 0.3 is 0 Å². The maximum absolute atomic E-state index is 5.83. The standard InChI is InChI=1S/C15H22N2O/c1-2-18-13-8-12(9-13)17-15-6-3-10-7-11(16)4-5-14(10)15/h4-5,7,12-13,15,17H,2-3,6,8-9,16H2,1H3. The second-order valence-corrected chi connectivity index (χ2v) is 5.46. The molecule has 1 atom stereocenters. The molecule has 98 valence electrons. The average Bonchev–Trinajstić information content (AvgIpc) is 2.69. The lowest BCUT2D eigenvalue weighted by Gasteiger charge is -2.37. The van der Waals surface area contributed by atoms with Gasteiger partial charge in [0.05, 0.1) is 6.10 Å². The van der Waals surface area contributed by atoms with E-state index in [1.807, 2.05) is 6.07 Å². The van der Waals surface area contributed by atoms with E-state index in [1.165, 1.54) is 17.5 Å². The molecular weight excluding hydrogens is 224 g/mol. The fraction of sp³-hybridized carbons (Fsp3) is 0.600. The molecule has 3 heteroatoms. The molecular formula is C15H22N2O. The lowest BCUT2D eigenvalue weighted by atomic mass is 9.88. The molecule has 0 heterocycles. The van der Waals surface area contributed by atoms with Crippen LogP contribution in [0.2, 0.25) is 0 Å². The third kappa shape index (κ3) is 2.25. The number of hydrogen-bond donors (Lipinski definition) is 2. The Bertz CT molecular complexity index is 427. The fourth-order valence-corrected chi connectivity index (χ4v) is 3.17. The molecule has 1 aromatic rings. The maximum Gasteiger partial charge on any atom is 0.0604 e. The van der Waals surface area contributed by atoms with Gasteiger partial charge in [0.15, 0.2) is 0 Å². The highest BCUT2D eigenvalue weighted by molar-refractivity contribution is 5.47. The summed E-state index contributed by atoms with van der Waals surface area (Å²) < 4.78 is 5.60. The van der Waals surface area contributed by atoms with E-state index in [0.717, 1.165) is 31.6 Å². The number of aryl methyl sites for hydroxylation is 1. The number of anilines is 1. The van der Waals surface area contributed by atoms with Crippen molar-refractivity contribution in [2.45, 2.75) is 50.8 Å². The van der Waals surface area contributed by atoms with E-state index in [9.17, 15) is 0 Å². The molecule has 3 N–H and O–H groups in total. The van der Waals surface area contributed by atoms with Gasteiger partial charge in [-0.1, -0.05) is 6.07 Å². The van der Waals surface area contributed by atoms with Crippen LogP contribution < -0.4 is 11.1 Å². The van der Waals surface area contributed by atoms with Gasteiger partial charge in [0, 0.05) is 24.4 Å². The van der Waals surface area contributed by atoms with Crippen LogP contribution in [0.3, 0.4) is 0 Å². The van der Waals surface area contributed by atoms with Gasteiger partial charge in [-0.25, -0.2) is 0 Å². The first-order valence-electron chi connectivity index (χ1n) is 7.02. The Hall–Kier alpha value is -1.06. The van der Waals surface area contributed by atoms with Crippen molar-refractivity contribution >= 4 is 5.69 Å². The predicted molar refractivity (Wildman–Crippen MR) is 73.5 cm³/mol. The molecule has 1 saturated carbocycles. The zero-order valence-electron chi connectivity index (χ0n) is 11.0. The summed E-state index contributed by atoms with van der Waals surface area (Å²) in [6.45, 7) is 2.90. The Morgan fingerprint density at radius 3 is 3.00 bits per heavy atom. The summed E-state index contributed by atoms with van der Waals surface area (Å²) in [5.41, 5.74) is 9.59. The van der Waals surface area contributed by atoms with Crippen molar-refractivity contribution in [3.8, 4) is 0 Å². The summed E-state index contributed by atoms with van der Waals surface area (Å²) in [4.78, 5) is 0. The number of benzene rings is 1. The summed E-state index contributed by atoms with van der Waals surface area (Å²) >= 11 is 0. The highest BCUT2D eigenvalue weighted by Gasteiger charge is 2.33. The van der Waals surface area contributed by atoms with Crippen LogP contribution in [0.25, 0.3) is 0 Å². The minimum absolute atomic E-state index is 0.486. The smallest absolute Gasteiger partial charge is 0.0604 e. The second kappa shape index (κ2) is 4.90. The number of nitrogens with two attached hydrogens (primary N) is 1. The van der Waals surface area contributed by atoms with Gasteiger partial charge in [-0.2, -0.15) is 0 Å². The zero-order chi connectivity index (χ0) is 12.5. The summed E-state index contributed by atoms with van der Waals surface area (Å²) in [6.07, 6.45) is 5.16. The van der Waals surface area contributed by atoms with Gasteiger partial charge in [0.1, 0.15) is 0 Å². The third-order valence-electron chi connectivity index (χ3n) is 4.18. The van der Waals surface area contributed by atoms with Crippen molar-refractivity contribution in [1.82, 2.24) is 5.32 Å². The first-order chi connectivity index (χ1) is 8.76. The Balaban J connectivity index is 1.57. The summed E-state index contributed by atoms with van der Waals surface area (Å²) in [5.74, 6) is 0. The SMILES string of the molecule is CCOC1CC(NC2CCc3cc(N)ccc32)C1. The Labute approximate surface area is 109 Å². The highest BCUT2D eigenvalue weighted by Crippen LogP contribution is 2.35. The topological polar surface area (TPSA) is 47.3 Å². The molecule has 3 rings (SSSR count). The van der Waals surface area contributed by atoms with Gasteiger partial charge < -0.3 is 15.8 Å². The van der Waals surface area contributed by atoms with E-state index in [1.54, 1.807) is 0 Å². The highest BCUT2D eigenvalue weighted by atomic mass is 16.5. The van der Waals surface area contributed by atoms with Gasteiger partial charge in [-0.3, -0.25) is 0 Å². The van der Waals surface area contributed by atoms with Gasteiger partial charge in [-0.05, 0) is 55.9 Å². The third-order valence-corrected chi connectivity index (χ3v) is 4.18. The van der Waals surface area contributed by atoms with Crippen molar-refractivity contribution in [3.63, 3.8) is 0 Å². The molecule has 0 saturated heterocycles. The Kier molecular flexibility index (Phi) is 3.27. The van der Waals surface area contributed by atoms with E-state index in [-0.39, 0.29) is 0 Å². The van der Waals surface area contributed by atoms with Crippen LogP contribution in [-0.4, -0.2) is 18.8 Å². The molecule has 0 radical (unpaired) electrons. The van der Waals surface area contributed by atoms with E-state index >= 15 is 0 Å². The molecule has 2 aliphatic carbocycles. The van der Waals surface area contributed by atoms with Crippen LogP contribution in [0.4, 0.5) is 5.69 Å². The Morgan fingerprint density at radius 2 is 2.22 bits per heavy atom. The van der Waals surface area contributed by atoms with Crippen LogP contribution in [0.5, 0.6) is 0 Å². The second-order valence-electron chi connectivity index (χ2n) is 5.46. The van der Waals surface area contributed by atoms with Gasteiger partial charge in [-0.15, -0.1) is 0 Å². The van der Waals surface area contributed by atoms with Crippen molar-refractivity contribution in [3.05, 3.63) is 29.3 Å². The van der Waals surface area contributed by atoms with Gasteiger partial charge in [0.25, 0.3) is 0 Å². The molecule has 18 heavy (non-hydrogen) atoms. The summed E-state index contributed by atoms with van der Waals surface area (Å²) in [5, 5.41) is 3.76. The van der Waals surface area contributed by atoms with Crippen molar-refractivity contribution in [1.29, 1.82) is 0 Å². The number of ether oxygens (including phenoxy) is 1. The molecule has 0 bridgehead atoms. The maximum atomic E-state index is 5.83. The molecule has 1 fully saturated rings. The average molecular weight is 246 g/mol. The van der Waals surface area contributed by atoms with E-state index < -0.39 is 0 Å². The number of rotatable bonds is 4.